The molecule has 0 bridgehead atoms. The van der Waals surface area contributed by atoms with Crippen molar-refractivity contribution in [3.8, 4) is 0 Å². The number of rotatable bonds is 1. The zero-order chi connectivity index (χ0) is 14.6. The SMILES string of the molecule is COC1C(=O)OC(=O)C2C(=O)OC(=O)C12C(F)(F)F. The van der Waals surface area contributed by atoms with Crippen molar-refractivity contribution in [2.24, 2.45) is 11.3 Å². The van der Waals surface area contributed by atoms with Crippen LogP contribution in [0.15, 0.2) is 0 Å². The molecule has 2 fully saturated rings. The third-order valence-corrected chi connectivity index (χ3v) is 2.99. The molecule has 7 nitrogen and oxygen atoms in total. The van der Waals surface area contributed by atoms with Gasteiger partial charge in [0.1, 0.15) is 0 Å². The number of carbonyl (C=O) groups excluding carboxylic acids is 4. The molecule has 0 aromatic rings. The van der Waals surface area contributed by atoms with Crippen LogP contribution in [0, 0.1) is 11.3 Å². The fourth-order valence-electron chi connectivity index (χ4n) is 2.19. The molecule has 2 rings (SSSR count). The van der Waals surface area contributed by atoms with E-state index in [1.54, 1.807) is 0 Å². The quantitative estimate of drug-likeness (QED) is 0.465. The minimum atomic E-state index is -5.41. The van der Waals surface area contributed by atoms with Crippen molar-refractivity contribution in [2.75, 3.05) is 7.11 Å². The third-order valence-electron chi connectivity index (χ3n) is 2.99. The predicted octanol–water partition coefficient (Wildman–Crippen LogP) is -0.667. The number of esters is 4. The maximum atomic E-state index is 13.2. The van der Waals surface area contributed by atoms with E-state index in [2.05, 4.69) is 14.2 Å². The summed E-state index contributed by atoms with van der Waals surface area (Å²) in [6.45, 7) is 0. The molecular formula is C9H5F3O7. The lowest BCUT2D eigenvalue weighted by Crippen LogP contribution is -2.64. The molecule has 10 heteroatoms. The first-order valence-electron chi connectivity index (χ1n) is 4.79. The second kappa shape index (κ2) is 3.76. The van der Waals surface area contributed by atoms with Gasteiger partial charge in [0.2, 0.25) is 5.41 Å². The van der Waals surface area contributed by atoms with Gasteiger partial charge in [-0.1, -0.05) is 0 Å². The van der Waals surface area contributed by atoms with Crippen LogP contribution in [0.25, 0.3) is 0 Å². The Morgan fingerprint density at radius 2 is 1.58 bits per heavy atom. The summed E-state index contributed by atoms with van der Waals surface area (Å²) in [5.41, 5.74) is -3.69. The zero-order valence-electron chi connectivity index (χ0n) is 9.15. The van der Waals surface area contributed by atoms with Crippen LogP contribution in [0.1, 0.15) is 0 Å². The number of halogens is 3. The summed E-state index contributed by atoms with van der Waals surface area (Å²) >= 11 is 0. The Labute approximate surface area is 102 Å². The third kappa shape index (κ3) is 1.43. The van der Waals surface area contributed by atoms with Crippen LogP contribution in [0.3, 0.4) is 0 Å². The van der Waals surface area contributed by atoms with E-state index in [0.717, 1.165) is 0 Å². The highest BCUT2D eigenvalue weighted by Gasteiger charge is 2.82. The Balaban J connectivity index is 2.73. The van der Waals surface area contributed by atoms with Gasteiger partial charge in [0.05, 0.1) is 0 Å². The average molecular weight is 282 g/mol. The molecule has 2 aliphatic rings. The van der Waals surface area contributed by atoms with E-state index in [1.807, 2.05) is 0 Å². The number of methoxy groups -OCH3 is 1. The van der Waals surface area contributed by atoms with E-state index in [9.17, 15) is 32.3 Å². The lowest BCUT2D eigenvalue weighted by molar-refractivity contribution is -0.271. The van der Waals surface area contributed by atoms with E-state index < -0.39 is 47.5 Å². The summed E-state index contributed by atoms with van der Waals surface area (Å²) < 4.78 is 51.8. The van der Waals surface area contributed by atoms with Gasteiger partial charge in [0, 0.05) is 7.11 Å². The zero-order valence-corrected chi connectivity index (χ0v) is 9.15. The molecule has 3 unspecified atom stereocenters. The largest absolute Gasteiger partial charge is 0.409 e. The summed E-state index contributed by atoms with van der Waals surface area (Å²) in [6, 6.07) is 0. The lowest BCUT2D eigenvalue weighted by atomic mass is 9.70. The summed E-state index contributed by atoms with van der Waals surface area (Å²) in [5, 5.41) is 0. The monoisotopic (exact) mass is 282 g/mol. The molecule has 0 amide bonds. The van der Waals surface area contributed by atoms with Crippen LogP contribution >= 0.6 is 0 Å². The van der Waals surface area contributed by atoms with Gasteiger partial charge in [-0.25, -0.2) is 4.79 Å². The van der Waals surface area contributed by atoms with E-state index in [1.165, 1.54) is 0 Å². The second-order valence-corrected chi connectivity index (χ2v) is 3.86. The van der Waals surface area contributed by atoms with Crippen LogP contribution < -0.4 is 0 Å². The molecule has 0 radical (unpaired) electrons. The van der Waals surface area contributed by atoms with Gasteiger partial charge in [-0.15, -0.1) is 0 Å². The van der Waals surface area contributed by atoms with Gasteiger partial charge >= 0.3 is 30.1 Å². The number of carbonyl (C=O) groups is 4. The maximum Gasteiger partial charge on any atom is 0.409 e. The number of hydrogen-bond donors (Lipinski definition) is 0. The molecule has 104 valence electrons. The molecule has 0 aromatic carbocycles. The Bertz CT molecular complexity index is 497. The Morgan fingerprint density at radius 3 is 2.05 bits per heavy atom. The fourth-order valence-corrected chi connectivity index (χ4v) is 2.19. The summed E-state index contributed by atoms with van der Waals surface area (Å²) in [5.74, 6) is -9.85. The van der Waals surface area contributed by atoms with E-state index in [-0.39, 0.29) is 0 Å². The highest BCUT2D eigenvalue weighted by atomic mass is 19.4. The van der Waals surface area contributed by atoms with Crippen molar-refractivity contribution in [2.45, 2.75) is 12.3 Å². The number of alkyl halides is 3. The van der Waals surface area contributed by atoms with Crippen molar-refractivity contribution in [3.63, 3.8) is 0 Å². The first kappa shape index (κ1) is 13.5. The molecule has 0 aromatic heterocycles. The number of cyclic esters (lactones) is 4. The Kier molecular flexibility index (Phi) is 2.66. The van der Waals surface area contributed by atoms with Crippen LogP contribution in [-0.4, -0.2) is 43.3 Å². The molecule has 0 saturated carbocycles. The Hall–Kier alpha value is -1.97. The highest BCUT2D eigenvalue weighted by Crippen LogP contribution is 2.55. The molecule has 2 heterocycles. The molecule has 0 spiro atoms. The number of hydrogen-bond acceptors (Lipinski definition) is 7. The van der Waals surface area contributed by atoms with Crippen molar-refractivity contribution in [3.05, 3.63) is 0 Å². The normalized spacial score (nSPS) is 34.9. The molecular weight excluding hydrogens is 277 g/mol. The molecule has 0 N–H and O–H groups in total. The van der Waals surface area contributed by atoms with E-state index in [0.29, 0.717) is 7.11 Å². The van der Waals surface area contributed by atoms with Crippen LogP contribution in [-0.2, 0) is 33.4 Å². The minimum absolute atomic E-state index is 0.711. The first-order valence-corrected chi connectivity index (χ1v) is 4.79. The fraction of sp³-hybridized carbons (Fsp3) is 0.556. The topological polar surface area (TPSA) is 96.0 Å². The molecule has 0 aliphatic carbocycles. The smallest absolute Gasteiger partial charge is 0.392 e. The number of fused-ring (bicyclic) bond motifs is 1. The standard InChI is InChI=1S/C9H5F3O7/c1-17-3-6(15)18-4(13)2-5(14)19-7(16)8(2,3)9(10,11)12/h2-3H,1H3. The first-order chi connectivity index (χ1) is 8.67. The molecule has 2 saturated heterocycles. The van der Waals surface area contributed by atoms with Gasteiger partial charge < -0.3 is 14.2 Å². The molecule has 2 aliphatic heterocycles. The lowest BCUT2D eigenvalue weighted by Gasteiger charge is -2.37. The van der Waals surface area contributed by atoms with Gasteiger partial charge in [0.15, 0.2) is 12.0 Å². The second-order valence-electron chi connectivity index (χ2n) is 3.86. The van der Waals surface area contributed by atoms with Crippen LogP contribution in [0.4, 0.5) is 13.2 Å². The van der Waals surface area contributed by atoms with Crippen molar-refractivity contribution in [1.29, 1.82) is 0 Å². The summed E-state index contributed by atoms with van der Waals surface area (Å²) in [7, 11) is 0.711. The maximum absolute atomic E-state index is 13.2. The van der Waals surface area contributed by atoms with Gasteiger partial charge in [-0.2, -0.15) is 13.2 Å². The van der Waals surface area contributed by atoms with E-state index >= 15 is 0 Å². The average Bonchev–Trinajstić information content (AvgIpc) is 2.51. The highest BCUT2D eigenvalue weighted by molar-refractivity contribution is 6.16. The summed E-state index contributed by atoms with van der Waals surface area (Å²) in [6.07, 6.45) is -7.88. The number of ether oxygens (including phenoxy) is 3. The minimum Gasteiger partial charge on any atom is -0.392 e. The van der Waals surface area contributed by atoms with Crippen molar-refractivity contribution in [1.82, 2.24) is 0 Å². The Morgan fingerprint density at radius 1 is 1.05 bits per heavy atom. The van der Waals surface area contributed by atoms with Gasteiger partial charge in [-0.3, -0.25) is 14.4 Å². The molecule has 19 heavy (non-hydrogen) atoms. The van der Waals surface area contributed by atoms with Gasteiger partial charge in [0.25, 0.3) is 0 Å². The van der Waals surface area contributed by atoms with Gasteiger partial charge in [-0.05, 0) is 0 Å². The van der Waals surface area contributed by atoms with Crippen molar-refractivity contribution >= 4 is 23.9 Å². The molecule has 3 atom stereocenters. The predicted molar refractivity (Wildman–Crippen MR) is 45.0 cm³/mol. The summed E-state index contributed by atoms with van der Waals surface area (Å²) in [4.78, 5) is 45.3. The van der Waals surface area contributed by atoms with Crippen LogP contribution in [0.5, 0.6) is 0 Å². The van der Waals surface area contributed by atoms with E-state index in [4.69, 9.17) is 0 Å². The van der Waals surface area contributed by atoms with Crippen LogP contribution in [0.2, 0.25) is 0 Å². The van der Waals surface area contributed by atoms with Crippen molar-refractivity contribution < 1.29 is 46.6 Å².